The fourth-order valence-electron chi connectivity index (χ4n) is 2.59. The van der Waals surface area contributed by atoms with Gasteiger partial charge in [0.1, 0.15) is 17.0 Å². The Morgan fingerprint density at radius 2 is 2.24 bits per heavy atom. The molecule has 0 atom stereocenters. The van der Waals surface area contributed by atoms with E-state index in [1.54, 1.807) is 0 Å². The van der Waals surface area contributed by atoms with Crippen molar-refractivity contribution in [3.63, 3.8) is 0 Å². The van der Waals surface area contributed by atoms with E-state index in [2.05, 4.69) is 15.4 Å². The summed E-state index contributed by atoms with van der Waals surface area (Å²) in [7, 11) is 1.93. The van der Waals surface area contributed by atoms with Crippen LogP contribution in [0.15, 0.2) is 30.6 Å². The van der Waals surface area contributed by atoms with Crippen LogP contribution in [0.25, 0.3) is 17.0 Å². The molecular formula is C15H16ClN5. The van der Waals surface area contributed by atoms with Crippen LogP contribution in [0.2, 0.25) is 5.15 Å². The van der Waals surface area contributed by atoms with Gasteiger partial charge in [-0.1, -0.05) is 17.7 Å². The molecule has 3 aromatic heterocycles. The Bertz CT molecular complexity index is 800. The standard InChI is InChI=1S/C15H16ClN5/c1-20-9-10(8-17-11-5-6-11)13(19-20)14-15(16)18-12-4-2-3-7-21(12)14/h2-4,7,9,11,17H,5-6,8H2,1H3. The summed E-state index contributed by atoms with van der Waals surface area (Å²) in [6.45, 7) is 0.810. The molecular weight excluding hydrogens is 286 g/mol. The number of nitrogens with zero attached hydrogens (tertiary/aromatic N) is 4. The zero-order chi connectivity index (χ0) is 14.4. The summed E-state index contributed by atoms with van der Waals surface area (Å²) in [5.41, 5.74) is 3.75. The van der Waals surface area contributed by atoms with Gasteiger partial charge in [-0.15, -0.1) is 0 Å². The second kappa shape index (κ2) is 4.86. The van der Waals surface area contributed by atoms with Crippen molar-refractivity contribution in [2.24, 2.45) is 7.05 Å². The Balaban J connectivity index is 1.81. The number of hydrogen-bond donors (Lipinski definition) is 1. The van der Waals surface area contributed by atoms with E-state index < -0.39 is 0 Å². The van der Waals surface area contributed by atoms with Crippen molar-refractivity contribution < 1.29 is 0 Å². The normalized spacial score (nSPS) is 15.0. The highest BCUT2D eigenvalue weighted by Crippen LogP contribution is 2.30. The van der Waals surface area contributed by atoms with Crippen molar-refractivity contribution in [3.05, 3.63) is 41.3 Å². The minimum Gasteiger partial charge on any atom is -0.310 e. The Hall–Kier alpha value is -1.85. The lowest BCUT2D eigenvalue weighted by Crippen LogP contribution is -2.15. The van der Waals surface area contributed by atoms with Crippen molar-refractivity contribution >= 4 is 17.2 Å². The zero-order valence-electron chi connectivity index (χ0n) is 11.8. The molecule has 0 unspecified atom stereocenters. The van der Waals surface area contributed by atoms with Gasteiger partial charge in [-0.05, 0) is 25.0 Å². The van der Waals surface area contributed by atoms with E-state index in [0.29, 0.717) is 11.2 Å². The number of rotatable bonds is 4. The summed E-state index contributed by atoms with van der Waals surface area (Å²) in [6.07, 6.45) is 6.55. The van der Waals surface area contributed by atoms with Gasteiger partial charge in [-0.25, -0.2) is 4.98 Å². The molecule has 0 bridgehead atoms. The van der Waals surface area contributed by atoms with Gasteiger partial charge in [0.15, 0.2) is 5.15 Å². The second-order valence-corrected chi connectivity index (χ2v) is 5.87. The van der Waals surface area contributed by atoms with Gasteiger partial charge in [0.2, 0.25) is 0 Å². The summed E-state index contributed by atoms with van der Waals surface area (Å²) in [5, 5.41) is 8.62. The van der Waals surface area contributed by atoms with Crippen LogP contribution in [-0.2, 0) is 13.6 Å². The van der Waals surface area contributed by atoms with Gasteiger partial charge >= 0.3 is 0 Å². The van der Waals surface area contributed by atoms with E-state index in [9.17, 15) is 0 Å². The maximum absolute atomic E-state index is 6.36. The smallest absolute Gasteiger partial charge is 0.157 e. The number of aryl methyl sites for hydroxylation is 1. The molecule has 1 saturated carbocycles. The third kappa shape index (κ3) is 2.32. The largest absolute Gasteiger partial charge is 0.310 e. The van der Waals surface area contributed by atoms with Gasteiger partial charge in [-0.2, -0.15) is 5.10 Å². The molecule has 108 valence electrons. The van der Waals surface area contributed by atoms with Gasteiger partial charge in [-0.3, -0.25) is 9.08 Å². The Morgan fingerprint density at radius 3 is 3.05 bits per heavy atom. The van der Waals surface area contributed by atoms with E-state index in [-0.39, 0.29) is 0 Å². The van der Waals surface area contributed by atoms with Gasteiger partial charge < -0.3 is 5.32 Å². The molecule has 1 fully saturated rings. The fourth-order valence-corrected chi connectivity index (χ4v) is 2.85. The number of aromatic nitrogens is 4. The van der Waals surface area contributed by atoms with E-state index in [4.69, 9.17) is 11.6 Å². The molecule has 0 aliphatic heterocycles. The third-order valence-electron chi connectivity index (χ3n) is 3.77. The molecule has 0 aromatic carbocycles. The second-order valence-electron chi connectivity index (χ2n) is 5.51. The van der Waals surface area contributed by atoms with E-state index in [1.807, 2.05) is 46.7 Å². The molecule has 3 aromatic rings. The SMILES string of the molecule is Cn1cc(CNC2CC2)c(-c2c(Cl)nc3ccccn23)n1. The minimum atomic E-state index is 0.493. The summed E-state index contributed by atoms with van der Waals surface area (Å²) >= 11 is 6.36. The highest BCUT2D eigenvalue weighted by Gasteiger charge is 2.23. The van der Waals surface area contributed by atoms with Crippen molar-refractivity contribution in [1.82, 2.24) is 24.5 Å². The van der Waals surface area contributed by atoms with E-state index in [1.165, 1.54) is 12.8 Å². The molecule has 1 N–H and O–H groups in total. The van der Waals surface area contributed by atoms with Crippen LogP contribution in [-0.4, -0.2) is 25.2 Å². The first-order chi connectivity index (χ1) is 10.2. The summed E-state index contributed by atoms with van der Waals surface area (Å²) in [6, 6.07) is 6.53. The lowest BCUT2D eigenvalue weighted by Gasteiger charge is -2.04. The van der Waals surface area contributed by atoms with Gasteiger partial charge in [0.05, 0.1) is 0 Å². The molecule has 1 aliphatic carbocycles. The molecule has 1 aliphatic rings. The number of pyridine rings is 1. The minimum absolute atomic E-state index is 0.493. The Labute approximate surface area is 127 Å². The molecule has 4 rings (SSSR count). The number of imidazole rings is 1. The van der Waals surface area contributed by atoms with Crippen molar-refractivity contribution in [2.45, 2.75) is 25.4 Å². The van der Waals surface area contributed by atoms with Crippen LogP contribution in [0.3, 0.4) is 0 Å². The lowest BCUT2D eigenvalue weighted by molar-refractivity contribution is 0.687. The van der Waals surface area contributed by atoms with Crippen LogP contribution < -0.4 is 5.32 Å². The highest BCUT2D eigenvalue weighted by molar-refractivity contribution is 6.32. The first-order valence-corrected chi connectivity index (χ1v) is 7.49. The number of hydrogen-bond acceptors (Lipinski definition) is 3. The van der Waals surface area contributed by atoms with Gasteiger partial charge in [0.25, 0.3) is 0 Å². The van der Waals surface area contributed by atoms with E-state index in [0.717, 1.165) is 29.1 Å². The summed E-state index contributed by atoms with van der Waals surface area (Å²) < 4.78 is 3.82. The zero-order valence-corrected chi connectivity index (χ0v) is 12.5. The maximum atomic E-state index is 6.36. The molecule has 0 radical (unpaired) electrons. The number of halogens is 1. The lowest BCUT2D eigenvalue weighted by atomic mass is 10.2. The highest BCUT2D eigenvalue weighted by atomic mass is 35.5. The van der Waals surface area contributed by atoms with Crippen LogP contribution in [0.4, 0.5) is 0 Å². The fraction of sp³-hybridized carbons (Fsp3) is 0.333. The number of nitrogens with one attached hydrogen (secondary N) is 1. The predicted molar refractivity (Wildman–Crippen MR) is 82.3 cm³/mol. The Morgan fingerprint density at radius 1 is 1.38 bits per heavy atom. The van der Waals surface area contributed by atoms with Crippen LogP contribution >= 0.6 is 11.6 Å². The average molecular weight is 302 g/mol. The maximum Gasteiger partial charge on any atom is 0.157 e. The molecule has 6 heteroatoms. The van der Waals surface area contributed by atoms with Gasteiger partial charge in [0, 0.05) is 37.6 Å². The van der Waals surface area contributed by atoms with E-state index >= 15 is 0 Å². The quantitative estimate of drug-likeness (QED) is 0.806. The number of fused-ring (bicyclic) bond motifs is 1. The van der Waals surface area contributed by atoms with Crippen LogP contribution in [0, 0.1) is 0 Å². The van der Waals surface area contributed by atoms with Crippen LogP contribution in [0.1, 0.15) is 18.4 Å². The van der Waals surface area contributed by atoms with Crippen molar-refractivity contribution in [3.8, 4) is 11.4 Å². The Kier molecular flexibility index (Phi) is 2.97. The van der Waals surface area contributed by atoms with Crippen molar-refractivity contribution in [1.29, 1.82) is 0 Å². The third-order valence-corrected chi connectivity index (χ3v) is 4.04. The predicted octanol–water partition coefficient (Wildman–Crippen LogP) is 2.64. The topological polar surface area (TPSA) is 47.2 Å². The molecule has 21 heavy (non-hydrogen) atoms. The summed E-state index contributed by atoms with van der Waals surface area (Å²) in [5.74, 6) is 0. The molecule has 0 amide bonds. The first-order valence-electron chi connectivity index (χ1n) is 7.11. The molecule has 3 heterocycles. The molecule has 0 saturated heterocycles. The van der Waals surface area contributed by atoms with Crippen LogP contribution in [0.5, 0.6) is 0 Å². The average Bonchev–Trinajstić information content (AvgIpc) is 3.14. The molecule has 5 nitrogen and oxygen atoms in total. The summed E-state index contributed by atoms with van der Waals surface area (Å²) in [4.78, 5) is 4.41. The monoisotopic (exact) mass is 301 g/mol. The van der Waals surface area contributed by atoms with Crippen molar-refractivity contribution in [2.75, 3.05) is 0 Å². The molecule has 0 spiro atoms. The first kappa shape index (κ1) is 12.9.